The summed E-state index contributed by atoms with van der Waals surface area (Å²) in [4.78, 5) is 11.2. The number of methoxy groups -OCH3 is 1. The summed E-state index contributed by atoms with van der Waals surface area (Å²) < 4.78 is 5.50. The van der Waals surface area contributed by atoms with Crippen LogP contribution in [0.5, 0.6) is 5.75 Å². The molecule has 17 heavy (non-hydrogen) atoms. The zero-order valence-electron chi connectivity index (χ0n) is 9.24. The van der Waals surface area contributed by atoms with Gasteiger partial charge >= 0.3 is 5.97 Å². The van der Waals surface area contributed by atoms with Crippen LogP contribution in [0.25, 0.3) is 10.8 Å². The molecular formula is C13H11BrO3. The van der Waals surface area contributed by atoms with Crippen molar-refractivity contribution in [3.8, 4) is 5.75 Å². The van der Waals surface area contributed by atoms with Crippen LogP contribution < -0.4 is 0 Å². The van der Waals surface area contributed by atoms with E-state index in [0.717, 1.165) is 20.8 Å². The second-order valence-corrected chi connectivity index (χ2v) is 4.65. The number of esters is 1. The van der Waals surface area contributed by atoms with Crippen molar-refractivity contribution in [2.75, 3.05) is 7.11 Å². The Morgan fingerprint density at radius 2 is 2.12 bits per heavy atom. The van der Waals surface area contributed by atoms with Crippen molar-refractivity contribution >= 4 is 32.7 Å². The molecular weight excluding hydrogens is 284 g/mol. The van der Waals surface area contributed by atoms with Crippen molar-refractivity contribution in [1.29, 1.82) is 0 Å². The number of benzene rings is 2. The molecule has 3 nitrogen and oxygen atoms in total. The molecule has 0 aliphatic heterocycles. The summed E-state index contributed by atoms with van der Waals surface area (Å²) in [6.07, 6.45) is 0.163. The molecule has 0 heterocycles. The number of ether oxygens (including phenoxy) is 1. The van der Waals surface area contributed by atoms with E-state index in [4.69, 9.17) is 0 Å². The number of carbonyl (C=O) groups excluding carboxylic acids is 1. The smallest absolute Gasteiger partial charge is 0.309 e. The molecule has 0 amide bonds. The molecule has 4 heteroatoms. The fourth-order valence-electron chi connectivity index (χ4n) is 1.71. The standard InChI is InChI=1S/C13H11BrO3/c1-17-13(16)6-8-4-9-2-3-10(14)7-11(9)12(15)5-8/h2-5,7,15H,6H2,1H3. The Hall–Kier alpha value is -1.55. The normalized spacial score (nSPS) is 10.5. The van der Waals surface area contributed by atoms with Gasteiger partial charge in [-0.1, -0.05) is 28.1 Å². The Morgan fingerprint density at radius 3 is 2.82 bits per heavy atom. The first-order chi connectivity index (χ1) is 8.10. The lowest BCUT2D eigenvalue weighted by Gasteiger charge is -2.06. The number of fused-ring (bicyclic) bond motifs is 1. The molecule has 2 rings (SSSR count). The maximum absolute atomic E-state index is 11.2. The first-order valence-corrected chi connectivity index (χ1v) is 5.87. The van der Waals surface area contributed by atoms with E-state index in [2.05, 4.69) is 20.7 Å². The van der Waals surface area contributed by atoms with Gasteiger partial charge in [0.1, 0.15) is 5.75 Å². The van der Waals surface area contributed by atoms with E-state index in [1.807, 2.05) is 24.3 Å². The van der Waals surface area contributed by atoms with Gasteiger partial charge in [-0.15, -0.1) is 0 Å². The Morgan fingerprint density at radius 1 is 1.35 bits per heavy atom. The zero-order valence-corrected chi connectivity index (χ0v) is 10.8. The van der Waals surface area contributed by atoms with E-state index in [1.54, 1.807) is 6.07 Å². The van der Waals surface area contributed by atoms with Crippen LogP contribution in [-0.4, -0.2) is 18.2 Å². The molecule has 2 aromatic carbocycles. The van der Waals surface area contributed by atoms with Crippen LogP contribution in [0.4, 0.5) is 0 Å². The van der Waals surface area contributed by atoms with Crippen molar-refractivity contribution in [3.05, 3.63) is 40.4 Å². The van der Waals surface area contributed by atoms with Crippen LogP contribution in [0.1, 0.15) is 5.56 Å². The molecule has 0 unspecified atom stereocenters. The minimum atomic E-state index is -0.319. The highest BCUT2D eigenvalue weighted by atomic mass is 79.9. The number of aromatic hydroxyl groups is 1. The average Bonchev–Trinajstić information content (AvgIpc) is 2.30. The molecule has 0 fully saturated rings. The molecule has 0 aliphatic rings. The number of hydrogen-bond acceptors (Lipinski definition) is 3. The SMILES string of the molecule is COC(=O)Cc1cc(O)c2cc(Br)ccc2c1. The molecule has 1 N–H and O–H groups in total. The predicted molar refractivity (Wildman–Crippen MR) is 69.0 cm³/mol. The molecule has 0 aliphatic carbocycles. The number of phenols is 1. The van der Waals surface area contributed by atoms with Crippen LogP contribution in [0, 0.1) is 0 Å². The van der Waals surface area contributed by atoms with E-state index >= 15 is 0 Å². The van der Waals surface area contributed by atoms with Crippen LogP contribution in [0.2, 0.25) is 0 Å². The first kappa shape index (κ1) is 11.9. The fourth-order valence-corrected chi connectivity index (χ4v) is 2.07. The van der Waals surface area contributed by atoms with Crippen molar-refractivity contribution < 1.29 is 14.6 Å². The monoisotopic (exact) mass is 294 g/mol. The Kier molecular flexibility index (Phi) is 3.33. The number of halogens is 1. The van der Waals surface area contributed by atoms with Crippen LogP contribution in [-0.2, 0) is 16.0 Å². The maximum Gasteiger partial charge on any atom is 0.309 e. The lowest BCUT2D eigenvalue weighted by Crippen LogP contribution is -2.04. The van der Waals surface area contributed by atoms with E-state index in [-0.39, 0.29) is 18.1 Å². The topological polar surface area (TPSA) is 46.5 Å². The van der Waals surface area contributed by atoms with Gasteiger partial charge in [0.15, 0.2) is 0 Å². The average molecular weight is 295 g/mol. The molecule has 0 aromatic heterocycles. The van der Waals surface area contributed by atoms with Gasteiger partial charge in [0.05, 0.1) is 13.5 Å². The summed E-state index contributed by atoms with van der Waals surface area (Å²) in [5.74, 6) is -0.149. The highest BCUT2D eigenvalue weighted by Gasteiger charge is 2.07. The summed E-state index contributed by atoms with van der Waals surface area (Å²) in [7, 11) is 1.35. The Bertz CT molecular complexity index is 578. The number of carbonyl (C=O) groups is 1. The minimum Gasteiger partial charge on any atom is -0.507 e. The lowest BCUT2D eigenvalue weighted by molar-refractivity contribution is -0.139. The quantitative estimate of drug-likeness (QED) is 0.866. The number of rotatable bonds is 2. The third-order valence-corrected chi connectivity index (χ3v) is 3.02. The molecule has 0 radical (unpaired) electrons. The third-order valence-electron chi connectivity index (χ3n) is 2.53. The molecule has 88 valence electrons. The summed E-state index contributed by atoms with van der Waals surface area (Å²) in [6.45, 7) is 0. The predicted octanol–water partition coefficient (Wildman–Crippen LogP) is 3.02. The molecule has 0 saturated heterocycles. The van der Waals surface area contributed by atoms with Crippen LogP contribution in [0.3, 0.4) is 0 Å². The number of hydrogen-bond donors (Lipinski definition) is 1. The van der Waals surface area contributed by atoms with Gasteiger partial charge < -0.3 is 9.84 Å². The Balaban J connectivity index is 2.48. The van der Waals surface area contributed by atoms with E-state index < -0.39 is 0 Å². The largest absolute Gasteiger partial charge is 0.507 e. The highest BCUT2D eigenvalue weighted by molar-refractivity contribution is 9.10. The Labute approximate surface area is 107 Å². The van der Waals surface area contributed by atoms with E-state index in [0.29, 0.717) is 0 Å². The third kappa shape index (κ3) is 2.58. The zero-order chi connectivity index (χ0) is 12.4. The van der Waals surface area contributed by atoms with Crippen molar-refractivity contribution in [1.82, 2.24) is 0 Å². The fraction of sp³-hybridized carbons (Fsp3) is 0.154. The van der Waals surface area contributed by atoms with E-state index in [9.17, 15) is 9.90 Å². The number of phenolic OH excluding ortho intramolecular Hbond substituents is 1. The second kappa shape index (κ2) is 4.75. The van der Waals surface area contributed by atoms with Gasteiger partial charge in [-0.05, 0) is 29.1 Å². The van der Waals surface area contributed by atoms with Gasteiger partial charge in [-0.25, -0.2) is 0 Å². The van der Waals surface area contributed by atoms with Gasteiger partial charge in [0, 0.05) is 9.86 Å². The molecule has 0 spiro atoms. The minimum absolute atomic E-state index is 0.163. The molecule has 0 saturated carbocycles. The first-order valence-electron chi connectivity index (χ1n) is 5.08. The molecule has 0 atom stereocenters. The summed E-state index contributed by atoms with van der Waals surface area (Å²) in [6, 6.07) is 9.08. The van der Waals surface area contributed by atoms with Crippen molar-refractivity contribution in [2.24, 2.45) is 0 Å². The second-order valence-electron chi connectivity index (χ2n) is 3.73. The summed E-state index contributed by atoms with van der Waals surface area (Å²) in [5.41, 5.74) is 0.740. The van der Waals surface area contributed by atoms with Gasteiger partial charge in [-0.3, -0.25) is 4.79 Å². The summed E-state index contributed by atoms with van der Waals surface area (Å²) >= 11 is 3.35. The van der Waals surface area contributed by atoms with Crippen LogP contribution >= 0.6 is 15.9 Å². The summed E-state index contributed by atoms with van der Waals surface area (Å²) in [5, 5.41) is 11.5. The van der Waals surface area contributed by atoms with Gasteiger partial charge in [0.25, 0.3) is 0 Å². The van der Waals surface area contributed by atoms with Crippen molar-refractivity contribution in [2.45, 2.75) is 6.42 Å². The lowest BCUT2D eigenvalue weighted by atomic mass is 10.0. The highest BCUT2D eigenvalue weighted by Crippen LogP contribution is 2.29. The van der Waals surface area contributed by atoms with Crippen molar-refractivity contribution in [3.63, 3.8) is 0 Å². The molecule has 2 aromatic rings. The van der Waals surface area contributed by atoms with Gasteiger partial charge in [-0.2, -0.15) is 0 Å². The maximum atomic E-state index is 11.2. The van der Waals surface area contributed by atoms with Gasteiger partial charge in [0.2, 0.25) is 0 Å². The molecule has 0 bridgehead atoms. The van der Waals surface area contributed by atoms with Crippen LogP contribution in [0.15, 0.2) is 34.8 Å². The van der Waals surface area contributed by atoms with E-state index in [1.165, 1.54) is 7.11 Å².